The summed E-state index contributed by atoms with van der Waals surface area (Å²) < 4.78 is 17.0. The van der Waals surface area contributed by atoms with Gasteiger partial charge in [-0.25, -0.2) is 0 Å². The number of hydrogen-bond acceptors (Lipinski definition) is 5. The lowest BCUT2D eigenvalue weighted by molar-refractivity contribution is -0.201. The predicted octanol–water partition coefficient (Wildman–Crippen LogP) is 2.16. The molecule has 3 rings (SSSR count). The molecular formula is C20H26N2O4. The second-order valence-electron chi connectivity index (χ2n) is 6.50. The number of hydrogen-bond donors (Lipinski definition) is 2. The molecule has 0 saturated carbocycles. The summed E-state index contributed by atoms with van der Waals surface area (Å²) in [5.74, 6) is 0.472. The zero-order chi connectivity index (χ0) is 18.5. The quantitative estimate of drug-likeness (QED) is 0.792. The zero-order valence-electron chi connectivity index (χ0n) is 15.2. The minimum Gasteiger partial charge on any atom is -0.497 e. The molecule has 140 valence electrons. The zero-order valence-corrected chi connectivity index (χ0v) is 15.2. The van der Waals surface area contributed by atoms with Gasteiger partial charge in [-0.05, 0) is 41.4 Å². The van der Waals surface area contributed by atoms with Crippen molar-refractivity contribution in [3.63, 3.8) is 0 Å². The predicted molar refractivity (Wildman–Crippen MR) is 100 cm³/mol. The minimum atomic E-state index is -0.648. The highest BCUT2D eigenvalue weighted by Gasteiger charge is 2.33. The standard InChI is InChI=1S/C20H26N2O4/c1-3-9-22-18(19(21)23)20-25-11-14(12-26-20)16-6-4-5-13-10-15(24-2)7-8-17(13)16/h4-8,10,14,18,20,22H,3,9,11-12H2,1-2H3,(H2,21,23). The number of primary amides is 1. The van der Waals surface area contributed by atoms with E-state index in [1.807, 2.05) is 25.1 Å². The molecule has 0 bridgehead atoms. The number of rotatable bonds is 7. The number of fused-ring (bicyclic) bond motifs is 1. The van der Waals surface area contributed by atoms with E-state index in [9.17, 15) is 4.79 Å². The van der Waals surface area contributed by atoms with Crippen molar-refractivity contribution in [2.75, 3.05) is 26.9 Å². The van der Waals surface area contributed by atoms with E-state index < -0.39 is 18.2 Å². The highest BCUT2D eigenvalue weighted by Crippen LogP contribution is 2.31. The van der Waals surface area contributed by atoms with E-state index in [0.717, 1.165) is 22.9 Å². The van der Waals surface area contributed by atoms with Gasteiger partial charge in [0.15, 0.2) is 6.29 Å². The van der Waals surface area contributed by atoms with Crippen LogP contribution in [0.25, 0.3) is 10.8 Å². The van der Waals surface area contributed by atoms with Gasteiger partial charge in [0, 0.05) is 5.92 Å². The van der Waals surface area contributed by atoms with Crippen molar-refractivity contribution < 1.29 is 19.0 Å². The molecule has 0 spiro atoms. The highest BCUT2D eigenvalue weighted by molar-refractivity contribution is 5.87. The van der Waals surface area contributed by atoms with Crippen molar-refractivity contribution in [1.82, 2.24) is 5.32 Å². The van der Waals surface area contributed by atoms with Crippen LogP contribution in [0.2, 0.25) is 0 Å². The van der Waals surface area contributed by atoms with Crippen LogP contribution in [-0.4, -0.2) is 45.1 Å². The van der Waals surface area contributed by atoms with Crippen molar-refractivity contribution in [3.8, 4) is 5.75 Å². The number of nitrogens with two attached hydrogens (primary N) is 1. The van der Waals surface area contributed by atoms with E-state index in [0.29, 0.717) is 19.8 Å². The van der Waals surface area contributed by atoms with Gasteiger partial charge >= 0.3 is 0 Å². The van der Waals surface area contributed by atoms with Crippen LogP contribution < -0.4 is 15.8 Å². The van der Waals surface area contributed by atoms with Gasteiger partial charge in [-0.1, -0.05) is 31.2 Å². The van der Waals surface area contributed by atoms with Gasteiger partial charge in [-0.15, -0.1) is 0 Å². The van der Waals surface area contributed by atoms with Crippen molar-refractivity contribution >= 4 is 16.7 Å². The van der Waals surface area contributed by atoms with Gasteiger partial charge in [-0.2, -0.15) is 0 Å². The van der Waals surface area contributed by atoms with Crippen molar-refractivity contribution in [2.45, 2.75) is 31.6 Å². The molecular weight excluding hydrogens is 332 g/mol. The molecule has 0 aromatic heterocycles. The lowest BCUT2D eigenvalue weighted by atomic mass is 9.94. The Hall–Kier alpha value is -2.15. The number of carbonyl (C=O) groups is 1. The van der Waals surface area contributed by atoms with E-state index in [1.165, 1.54) is 5.56 Å². The smallest absolute Gasteiger partial charge is 0.239 e. The van der Waals surface area contributed by atoms with Gasteiger partial charge in [-0.3, -0.25) is 4.79 Å². The second-order valence-corrected chi connectivity index (χ2v) is 6.50. The maximum absolute atomic E-state index is 11.7. The molecule has 1 amide bonds. The summed E-state index contributed by atoms with van der Waals surface area (Å²) >= 11 is 0. The molecule has 0 radical (unpaired) electrons. The summed E-state index contributed by atoms with van der Waals surface area (Å²) in [5, 5.41) is 5.36. The first-order valence-electron chi connectivity index (χ1n) is 8.96. The van der Waals surface area contributed by atoms with Gasteiger partial charge < -0.3 is 25.3 Å². The highest BCUT2D eigenvalue weighted by atomic mass is 16.7. The van der Waals surface area contributed by atoms with Gasteiger partial charge in [0.05, 0.1) is 20.3 Å². The summed E-state index contributed by atoms with van der Waals surface area (Å²) in [6.07, 6.45) is 0.254. The summed E-state index contributed by atoms with van der Waals surface area (Å²) in [6.45, 7) is 3.67. The first-order chi connectivity index (χ1) is 12.6. The van der Waals surface area contributed by atoms with Gasteiger partial charge in [0.25, 0.3) is 0 Å². The Morgan fingerprint density at radius 3 is 2.73 bits per heavy atom. The molecule has 1 heterocycles. The first kappa shape index (κ1) is 18.6. The van der Waals surface area contributed by atoms with Crippen molar-refractivity contribution in [1.29, 1.82) is 0 Å². The second kappa shape index (κ2) is 8.49. The molecule has 2 aromatic rings. The lowest BCUT2D eigenvalue weighted by Gasteiger charge is -2.33. The van der Waals surface area contributed by atoms with E-state index in [-0.39, 0.29) is 5.92 Å². The van der Waals surface area contributed by atoms with Crippen molar-refractivity contribution in [3.05, 3.63) is 42.0 Å². The molecule has 1 aliphatic rings. The molecule has 2 aromatic carbocycles. The molecule has 1 saturated heterocycles. The summed E-state index contributed by atoms with van der Waals surface area (Å²) in [7, 11) is 1.66. The van der Waals surface area contributed by atoms with Crippen LogP contribution >= 0.6 is 0 Å². The molecule has 1 fully saturated rings. The topological polar surface area (TPSA) is 82.8 Å². The van der Waals surface area contributed by atoms with Crippen LogP contribution in [0.5, 0.6) is 5.75 Å². The largest absolute Gasteiger partial charge is 0.497 e. The fourth-order valence-corrected chi connectivity index (χ4v) is 3.29. The Morgan fingerprint density at radius 2 is 2.08 bits per heavy atom. The minimum absolute atomic E-state index is 0.100. The monoisotopic (exact) mass is 358 g/mol. The molecule has 0 aliphatic carbocycles. The molecule has 26 heavy (non-hydrogen) atoms. The average molecular weight is 358 g/mol. The number of methoxy groups -OCH3 is 1. The maximum Gasteiger partial charge on any atom is 0.239 e. The summed E-state index contributed by atoms with van der Waals surface area (Å²) in [5.41, 5.74) is 6.65. The van der Waals surface area contributed by atoms with Crippen molar-refractivity contribution in [2.24, 2.45) is 5.73 Å². The Kier molecular flexibility index (Phi) is 6.08. The maximum atomic E-state index is 11.7. The first-order valence-corrected chi connectivity index (χ1v) is 8.96. The van der Waals surface area contributed by atoms with E-state index in [1.54, 1.807) is 7.11 Å². The third-order valence-electron chi connectivity index (χ3n) is 4.68. The molecule has 6 nitrogen and oxygen atoms in total. The van der Waals surface area contributed by atoms with Crippen LogP contribution in [-0.2, 0) is 14.3 Å². The van der Waals surface area contributed by atoms with E-state index in [2.05, 4.69) is 23.5 Å². The summed E-state index contributed by atoms with van der Waals surface area (Å²) in [4.78, 5) is 11.7. The molecule has 6 heteroatoms. The number of ether oxygens (including phenoxy) is 3. The number of benzene rings is 2. The normalized spacial score (nSPS) is 21.5. The fraction of sp³-hybridized carbons (Fsp3) is 0.450. The fourth-order valence-electron chi connectivity index (χ4n) is 3.29. The number of amides is 1. The number of carbonyl (C=O) groups excluding carboxylic acids is 1. The Bertz CT molecular complexity index is 757. The van der Waals surface area contributed by atoms with Gasteiger partial charge in [0.2, 0.25) is 5.91 Å². The van der Waals surface area contributed by atoms with Crippen LogP contribution in [0.15, 0.2) is 36.4 Å². The Labute approximate surface area is 153 Å². The Balaban J connectivity index is 1.73. The molecule has 1 unspecified atom stereocenters. The molecule has 1 aliphatic heterocycles. The average Bonchev–Trinajstić information content (AvgIpc) is 2.67. The van der Waals surface area contributed by atoms with Crippen LogP contribution in [0.1, 0.15) is 24.8 Å². The third-order valence-corrected chi connectivity index (χ3v) is 4.68. The molecule has 1 atom stereocenters. The summed E-state index contributed by atoms with van der Waals surface area (Å²) in [6, 6.07) is 11.6. The van der Waals surface area contributed by atoms with E-state index in [4.69, 9.17) is 19.9 Å². The van der Waals surface area contributed by atoms with Crippen LogP contribution in [0, 0.1) is 0 Å². The SMILES string of the molecule is CCCNC(C(N)=O)C1OCC(c2cccc3cc(OC)ccc23)CO1. The van der Waals surface area contributed by atoms with E-state index >= 15 is 0 Å². The van der Waals surface area contributed by atoms with Crippen LogP contribution in [0.3, 0.4) is 0 Å². The third kappa shape index (κ3) is 3.98. The Morgan fingerprint density at radius 1 is 1.31 bits per heavy atom. The van der Waals surface area contributed by atoms with Crippen LogP contribution in [0.4, 0.5) is 0 Å². The van der Waals surface area contributed by atoms with Gasteiger partial charge in [0.1, 0.15) is 11.8 Å². The lowest BCUT2D eigenvalue weighted by Crippen LogP contribution is -2.53. The number of nitrogens with one attached hydrogen (secondary N) is 1. The molecule has 3 N–H and O–H groups in total.